The molecule has 5 nitrogen and oxygen atoms in total. The molecule has 2 aromatic carbocycles. The number of terminal acetylenes is 1. The molecule has 0 heterocycles. The number of rotatable bonds is 8. The summed E-state index contributed by atoms with van der Waals surface area (Å²) in [6.07, 6.45) is 5.71. The summed E-state index contributed by atoms with van der Waals surface area (Å²) in [5.74, 6) is 1.41. The van der Waals surface area contributed by atoms with Crippen LogP contribution in [0.15, 0.2) is 48.5 Å². The molecule has 0 aliphatic carbocycles. The van der Waals surface area contributed by atoms with Gasteiger partial charge in [0.1, 0.15) is 0 Å². The molecule has 0 fully saturated rings. The predicted octanol–water partition coefficient (Wildman–Crippen LogP) is 2.99. The first-order valence-corrected chi connectivity index (χ1v) is 8.09. The second kappa shape index (κ2) is 9.84. The van der Waals surface area contributed by atoms with Gasteiger partial charge < -0.3 is 15.4 Å². The Kier molecular flexibility index (Phi) is 7.19. The minimum Gasteiger partial charge on any atom is -0.491 e. The largest absolute Gasteiger partial charge is 0.491 e. The van der Waals surface area contributed by atoms with Crippen molar-refractivity contribution in [2.24, 2.45) is 0 Å². The second-order valence-electron chi connectivity index (χ2n) is 5.36. The van der Waals surface area contributed by atoms with Crippen LogP contribution in [0, 0.1) is 18.2 Å². The summed E-state index contributed by atoms with van der Waals surface area (Å²) in [5.41, 5.74) is 0.737. The van der Waals surface area contributed by atoms with E-state index in [1.807, 2.05) is 0 Å². The van der Waals surface area contributed by atoms with Gasteiger partial charge >= 0.3 is 0 Å². The van der Waals surface area contributed by atoms with Crippen LogP contribution in [0.2, 0.25) is 0 Å². The van der Waals surface area contributed by atoms with Gasteiger partial charge in [0.2, 0.25) is 5.91 Å². The van der Waals surface area contributed by atoms with Gasteiger partial charge in [0, 0.05) is 6.42 Å². The summed E-state index contributed by atoms with van der Waals surface area (Å²) in [6.45, 7) is 0.313. The third-order valence-corrected chi connectivity index (χ3v) is 3.44. The molecular weight excluding hydrogens is 335 g/mol. The number of ether oxygens (including phenoxy) is 1. The van der Waals surface area contributed by atoms with Crippen molar-refractivity contribution >= 4 is 17.5 Å². The highest BCUT2D eigenvalue weighted by Crippen LogP contribution is 2.17. The minimum atomic E-state index is -0.441. The number of hydrogen-bond acceptors (Lipinski definition) is 3. The molecule has 26 heavy (non-hydrogen) atoms. The van der Waals surface area contributed by atoms with E-state index < -0.39 is 5.82 Å². The molecule has 0 radical (unpaired) electrons. The van der Waals surface area contributed by atoms with Crippen LogP contribution in [-0.4, -0.2) is 25.0 Å². The van der Waals surface area contributed by atoms with Gasteiger partial charge in [-0.3, -0.25) is 9.59 Å². The molecule has 2 N–H and O–H groups in total. The summed E-state index contributed by atoms with van der Waals surface area (Å²) in [6, 6.07) is 12.7. The van der Waals surface area contributed by atoms with E-state index in [9.17, 15) is 14.0 Å². The Morgan fingerprint density at radius 1 is 1.12 bits per heavy atom. The van der Waals surface area contributed by atoms with Crippen molar-refractivity contribution in [3.05, 3.63) is 59.9 Å². The van der Waals surface area contributed by atoms with E-state index in [1.54, 1.807) is 36.4 Å². The first kappa shape index (κ1) is 19.0. The third kappa shape index (κ3) is 5.64. The number of nitrogens with one attached hydrogen (secondary N) is 2. The summed E-state index contributed by atoms with van der Waals surface area (Å²) >= 11 is 0. The normalized spacial score (nSPS) is 9.85. The molecule has 134 valence electrons. The molecule has 2 rings (SSSR count). The van der Waals surface area contributed by atoms with Gasteiger partial charge in [-0.25, -0.2) is 4.39 Å². The van der Waals surface area contributed by atoms with Gasteiger partial charge in [-0.2, -0.15) is 0 Å². The Hall–Kier alpha value is -3.33. The zero-order valence-corrected chi connectivity index (χ0v) is 14.1. The zero-order chi connectivity index (χ0) is 18.8. The number of para-hydroxylation sites is 2. The molecule has 0 saturated carbocycles. The molecule has 0 aromatic heterocycles. The van der Waals surface area contributed by atoms with Crippen molar-refractivity contribution in [3.8, 4) is 18.1 Å². The van der Waals surface area contributed by atoms with Gasteiger partial charge in [-0.05, 0) is 30.7 Å². The van der Waals surface area contributed by atoms with Crippen LogP contribution in [0.5, 0.6) is 5.75 Å². The SMILES string of the molecule is C#CCNC(=O)c1ccccc1NC(=O)CCCOc1ccccc1F. The third-order valence-electron chi connectivity index (χ3n) is 3.44. The molecule has 0 aliphatic heterocycles. The number of amides is 2. The Balaban J connectivity index is 1.83. The fraction of sp³-hybridized carbons (Fsp3) is 0.200. The van der Waals surface area contributed by atoms with E-state index in [0.717, 1.165) is 0 Å². The van der Waals surface area contributed by atoms with Gasteiger partial charge in [-0.15, -0.1) is 6.42 Å². The van der Waals surface area contributed by atoms with E-state index in [4.69, 9.17) is 11.2 Å². The lowest BCUT2D eigenvalue weighted by atomic mass is 10.1. The number of carbonyl (C=O) groups is 2. The van der Waals surface area contributed by atoms with Crippen LogP contribution in [0.3, 0.4) is 0 Å². The van der Waals surface area contributed by atoms with Crippen LogP contribution in [0.1, 0.15) is 23.2 Å². The van der Waals surface area contributed by atoms with Crippen molar-refractivity contribution in [2.45, 2.75) is 12.8 Å². The molecule has 2 amide bonds. The number of benzene rings is 2. The Bertz CT molecular complexity index is 815. The van der Waals surface area contributed by atoms with E-state index in [2.05, 4.69) is 16.6 Å². The van der Waals surface area contributed by atoms with Gasteiger partial charge in [0.25, 0.3) is 5.91 Å². The van der Waals surface area contributed by atoms with Crippen molar-refractivity contribution in [3.63, 3.8) is 0 Å². The van der Waals surface area contributed by atoms with Crippen LogP contribution in [0.25, 0.3) is 0 Å². The molecule has 0 aliphatic rings. The minimum absolute atomic E-state index is 0.106. The van der Waals surface area contributed by atoms with Gasteiger partial charge in [-0.1, -0.05) is 30.2 Å². The maximum atomic E-state index is 13.4. The molecule has 0 bridgehead atoms. The fourth-order valence-corrected chi connectivity index (χ4v) is 2.21. The lowest BCUT2D eigenvalue weighted by molar-refractivity contribution is -0.116. The van der Waals surface area contributed by atoms with E-state index >= 15 is 0 Å². The maximum Gasteiger partial charge on any atom is 0.254 e. The van der Waals surface area contributed by atoms with E-state index in [-0.39, 0.29) is 37.1 Å². The molecule has 6 heteroatoms. The predicted molar refractivity (Wildman–Crippen MR) is 97.4 cm³/mol. The van der Waals surface area contributed by atoms with Gasteiger partial charge in [0.05, 0.1) is 24.4 Å². The van der Waals surface area contributed by atoms with E-state index in [0.29, 0.717) is 17.7 Å². The number of halogens is 1. The molecule has 2 aromatic rings. The highest BCUT2D eigenvalue weighted by atomic mass is 19.1. The highest BCUT2D eigenvalue weighted by molar-refractivity contribution is 6.03. The fourth-order valence-electron chi connectivity index (χ4n) is 2.21. The number of hydrogen-bond donors (Lipinski definition) is 2. The Labute approximate surface area is 151 Å². The summed E-state index contributed by atoms with van der Waals surface area (Å²) < 4.78 is 18.7. The van der Waals surface area contributed by atoms with Crippen molar-refractivity contribution in [1.82, 2.24) is 5.32 Å². The molecule has 0 atom stereocenters. The molecule has 0 saturated heterocycles. The van der Waals surface area contributed by atoms with Crippen molar-refractivity contribution < 1.29 is 18.7 Å². The lowest BCUT2D eigenvalue weighted by Crippen LogP contribution is -2.25. The Morgan fingerprint density at radius 3 is 2.62 bits per heavy atom. The number of anilines is 1. The summed E-state index contributed by atoms with van der Waals surface area (Å²) in [7, 11) is 0. The Morgan fingerprint density at radius 2 is 1.85 bits per heavy atom. The monoisotopic (exact) mass is 354 g/mol. The molecular formula is C20H19FN2O3. The first-order valence-electron chi connectivity index (χ1n) is 8.09. The second-order valence-corrected chi connectivity index (χ2v) is 5.36. The van der Waals surface area contributed by atoms with Crippen molar-refractivity contribution in [1.29, 1.82) is 0 Å². The van der Waals surface area contributed by atoms with E-state index in [1.165, 1.54) is 12.1 Å². The highest BCUT2D eigenvalue weighted by Gasteiger charge is 2.12. The lowest BCUT2D eigenvalue weighted by Gasteiger charge is -2.11. The van der Waals surface area contributed by atoms with Crippen LogP contribution in [-0.2, 0) is 4.79 Å². The average Bonchev–Trinajstić information content (AvgIpc) is 2.65. The van der Waals surface area contributed by atoms with Gasteiger partial charge in [0.15, 0.2) is 11.6 Å². The first-order chi connectivity index (χ1) is 12.6. The molecule has 0 unspecified atom stereocenters. The smallest absolute Gasteiger partial charge is 0.254 e. The quantitative estimate of drug-likeness (QED) is 0.566. The van der Waals surface area contributed by atoms with Crippen LogP contribution < -0.4 is 15.4 Å². The van der Waals surface area contributed by atoms with Crippen LogP contribution in [0.4, 0.5) is 10.1 Å². The molecule has 0 spiro atoms. The zero-order valence-electron chi connectivity index (χ0n) is 14.1. The topological polar surface area (TPSA) is 67.4 Å². The summed E-state index contributed by atoms with van der Waals surface area (Å²) in [4.78, 5) is 24.1. The van der Waals surface area contributed by atoms with Crippen LogP contribution >= 0.6 is 0 Å². The average molecular weight is 354 g/mol. The summed E-state index contributed by atoms with van der Waals surface area (Å²) in [5, 5.41) is 5.25. The standard InChI is InChI=1S/C20H19FN2O3/c1-2-13-22-20(25)15-8-3-5-10-17(15)23-19(24)12-7-14-26-18-11-6-4-9-16(18)21/h1,3-6,8-11H,7,12-14H2,(H,22,25)(H,23,24). The van der Waals surface area contributed by atoms with Crippen molar-refractivity contribution in [2.75, 3.05) is 18.5 Å². The maximum absolute atomic E-state index is 13.4. The number of carbonyl (C=O) groups excluding carboxylic acids is 2.